The Bertz CT molecular complexity index is 898. The van der Waals surface area contributed by atoms with Crippen molar-refractivity contribution in [1.29, 1.82) is 0 Å². The zero-order chi connectivity index (χ0) is 21.4. The first-order chi connectivity index (χ1) is 15.1. The van der Waals surface area contributed by atoms with Crippen molar-refractivity contribution in [1.82, 2.24) is 14.7 Å². The number of carbonyl (C=O) groups is 2. The van der Waals surface area contributed by atoms with Gasteiger partial charge in [-0.2, -0.15) is 0 Å². The van der Waals surface area contributed by atoms with Crippen LogP contribution in [0.5, 0.6) is 0 Å². The second-order valence-corrected chi connectivity index (χ2v) is 9.31. The molecule has 3 aliphatic heterocycles. The van der Waals surface area contributed by atoms with Crippen LogP contribution < -0.4 is 0 Å². The molecule has 3 aliphatic rings. The van der Waals surface area contributed by atoms with Crippen molar-refractivity contribution < 1.29 is 9.59 Å². The Balaban J connectivity index is 1.56. The van der Waals surface area contributed by atoms with Gasteiger partial charge in [-0.25, -0.2) is 0 Å². The van der Waals surface area contributed by atoms with Crippen LogP contribution in [0.2, 0.25) is 0 Å². The first kappa shape index (κ1) is 20.3. The first-order valence-corrected chi connectivity index (χ1v) is 11.5. The van der Waals surface area contributed by atoms with E-state index in [-0.39, 0.29) is 23.8 Å². The zero-order valence-corrected chi connectivity index (χ0v) is 18.2. The number of piperazine rings is 1. The quantitative estimate of drug-likeness (QED) is 0.768. The molecule has 2 amide bonds. The Morgan fingerprint density at radius 1 is 0.903 bits per heavy atom. The van der Waals surface area contributed by atoms with Gasteiger partial charge in [-0.3, -0.25) is 9.59 Å². The number of nitrogens with zero attached hydrogens (tertiary/aromatic N) is 3. The predicted molar refractivity (Wildman–Crippen MR) is 121 cm³/mol. The number of amides is 2. The van der Waals surface area contributed by atoms with E-state index in [1.807, 2.05) is 21.9 Å². The summed E-state index contributed by atoms with van der Waals surface area (Å²) in [5.41, 5.74) is 1.67. The molecular weight excluding hydrogens is 386 g/mol. The third kappa shape index (κ3) is 3.45. The molecule has 1 unspecified atom stereocenters. The molecule has 0 aliphatic carbocycles. The predicted octanol–water partition coefficient (Wildman–Crippen LogP) is 3.12. The van der Waals surface area contributed by atoms with Gasteiger partial charge in [0.1, 0.15) is 11.6 Å². The maximum Gasteiger partial charge on any atom is 0.249 e. The number of rotatable bonds is 4. The summed E-state index contributed by atoms with van der Waals surface area (Å²) in [4.78, 5) is 33.8. The lowest BCUT2D eigenvalue weighted by Crippen LogP contribution is -2.72. The minimum Gasteiger partial charge on any atom is -0.329 e. The van der Waals surface area contributed by atoms with Gasteiger partial charge in [0, 0.05) is 32.1 Å². The normalized spacial score (nSPS) is 23.6. The van der Waals surface area contributed by atoms with E-state index in [9.17, 15) is 9.59 Å². The summed E-state index contributed by atoms with van der Waals surface area (Å²) in [7, 11) is 2.10. The summed E-state index contributed by atoms with van der Waals surface area (Å²) in [6, 6.07) is 20.5. The molecule has 1 atom stereocenters. The van der Waals surface area contributed by atoms with Gasteiger partial charge in [0.2, 0.25) is 11.8 Å². The van der Waals surface area contributed by atoms with E-state index >= 15 is 0 Å². The van der Waals surface area contributed by atoms with E-state index in [1.165, 1.54) is 11.1 Å². The Morgan fingerprint density at radius 2 is 1.48 bits per heavy atom. The highest BCUT2D eigenvalue weighted by atomic mass is 16.2. The maximum absolute atomic E-state index is 13.8. The van der Waals surface area contributed by atoms with E-state index in [1.54, 1.807) is 0 Å². The number of benzene rings is 2. The first-order valence-electron chi connectivity index (χ1n) is 11.5. The van der Waals surface area contributed by atoms with Crippen LogP contribution in [0.15, 0.2) is 60.7 Å². The smallest absolute Gasteiger partial charge is 0.249 e. The Morgan fingerprint density at radius 3 is 2.06 bits per heavy atom. The molecule has 2 aromatic carbocycles. The molecule has 162 valence electrons. The van der Waals surface area contributed by atoms with Gasteiger partial charge < -0.3 is 14.7 Å². The summed E-state index contributed by atoms with van der Waals surface area (Å²) in [6.07, 6.45) is 3.15. The second kappa shape index (κ2) is 8.12. The third-order valence-corrected chi connectivity index (χ3v) is 7.56. The number of likely N-dealkylation sites (tertiary alicyclic amines) is 1. The number of fused-ring (bicyclic) bond motifs is 1. The fourth-order valence-electron chi connectivity index (χ4n) is 5.73. The second-order valence-electron chi connectivity index (χ2n) is 9.31. The summed E-state index contributed by atoms with van der Waals surface area (Å²) in [5, 5.41) is 0. The lowest BCUT2D eigenvalue weighted by atomic mass is 9.79. The van der Waals surface area contributed by atoms with Crippen molar-refractivity contribution in [3.63, 3.8) is 0 Å². The van der Waals surface area contributed by atoms with Crippen molar-refractivity contribution >= 4 is 11.8 Å². The lowest BCUT2D eigenvalue weighted by Gasteiger charge is -2.54. The van der Waals surface area contributed by atoms with E-state index in [0.717, 1.165) is 32.5 Å². The van der Waals surface area contributed by atoms with Crippen LogP contribution in [0.3, 0.4) is 0 Å². The molecule has 0 saturated carbocycles. The highest BCUT2D eigenvalue weighted by Gasteiger charge is 2.57. The van der Waals surface area contributed by atoms with Gasteiger partial charge in [-0.1, -0.05) is 60.7 Å². The SMILES string of the molecule is CN1CCC2(CC1)C(=O)N1CCCC1C(=O)N2CC(c1ccccc1)c1ccccc1. The highest BCUT2D eigenvalue weighted by Crippen LogP contribution is 2.41. The average molecular weight is 418 g/mol. The third-order valence-electron chi connectivity index (χ3n) is 7.56. The van der Waals surface area contributed by atoms with Gasteiger partial charge in [-0.15, -0.1) is 0 Å². The lowest BCUT2D eigenvalue weighted by molar-refractivity contribution is -0.172. The maximum atomic E-state index is 13.8. The van der Waals surface area contributed by atoms with Crippen LogP contribution in [-0.2, 0) is 9.59 Å². The van der Waals surface area contributed by atoms with Crippen LogP contribution >= 0.6 is 0 Å². The molecule has 31 heavy (non-hydrogen) atoms. The van der Waals surface area contributed by atoms with Crippen molar-refractivity contribution in [3.05, 3.63) is 71.8 Å². The number of piperidine rings is 1. The number of hydrogen-bond acceptors (Lipinski definition) is 3. The molecule has 5 nitrogen and oxygen atoms in total. The van der Waals surface area contributed by atoms with Gasteiger partial charge in [0.25, 0.3) is 0 Å². The Kier molecular flexibility index (Phi) is 5.30. The molecule has 0 radical (unpaired) electrons. The fraction of sp³-hybridized carbons (Fsp3) is 0.462. The Labute approximate surface area is 184 Å². The van der Waals surface area contributed by atoms with E-state index in [0.29, 0.717) is 19.4 Å². The molecule has 5 heteroatoms. The Hall–Kier alpha value is -2.66. The molecule has 1 spiro atoms. The minimum absolute atomic E-state index is 0.0450. The van der Waals surface area contributed by atoms with Crippen LogP contribution in [0.1, 0.15) is 42.7 Å². The molecule has 3 saturated heterocycles. The van der Waals surface area contributed by atoms with Crippen molar-refractivity contribution in [3.8, 4) is 0 Å². The van der Waals surface area contributed by atoms with Crippen LogP contribution in [0.25, 0.3) is 0 Å². The molecule has 2 aromatic rings. The molecule has 5 rings (SSSR count). The van der Waals surface area contributed by atoms with Crippen molar-refractivity contribution in [2.24, 2.45) is 0 Å². The van der Waals surface area contributed by atoms with Crippen LogP contribution in [0, 0.1) is 0 Å². The summed E-state index contributed by atoms with van der Waals surface area (Å²) < 4.78 is 0. The standard InChI is InChI=1S/C26H31N3O2/c1-27-17-14-26(15-18-27)25(31)28-16-8-13-23(28)24(30)29(26)19-22(20-9-4-2-5-10-20)21-11-6-3-7-12-21/h2-7,9-12,22-23H,8,13-19H2,1H3. The summed E-state index contributed by atoms with van der Waals surface area (Å²) in [5.74, 6) is 0.379. The number of carbonyl (C=O) groups excluding carboxylic acids is 2. The van der Waals surface area contributed by atoms with E-state index in [4.69, 9.17) is 0 Å². The summed E-state index contributed by atoms with van der Waals surface area (Å²) in [6.45, 7) is 2.96. The van der Waals surface area contributed by atoms with E-state index < -0.39 is 5.54 Å². The fourth-order valence-corrected chi connectivity index (χ4v) is 5.73. The molecular formula is C26H31N3O2. The van der Waals surface area contributed by atoms with Crippen molar-refractivity contribution in [2.45, 2.75) is 43.2 Å². The number of hydrogen-bond donors (Lipinski definition) is 0. The molecule has 3 heterocycles. The van der Waals surface area contributed by atoms with Gasteiger partial charge in [0.05, 0.1) is 0 Å². The average Bonchev–Trinajstić information content (AvgIpc) is 3.31. The molecule has 0 aromatic heterocycles. The topological polar surface area (TPSA) is 43.9 Å². The molecule has 0 N–H and O–H groups in total. The van der Waals surface area contributed by atoms with E-state index in [2.05, 4.69) is 60.5 Å². The van der Waals surface area contributed by atoms with Crippen LogP contribution in [-0.4, -0.2) is 71.3 Å². The summed E-state index contributed by atoms with van der Waals surface area (Å²) >= 11 is 0. The monoisotopic (exact) mass is 417 g/mol. The zero-order valence-electron chi connectivity index (χ0n) is 18.2. The van der Waals surface area contributed by atoms with Gasteiger partial charge in [-0.05, 0) is 43.9 Å². The van der Waals surface area contributed by atoms with Gasteiger partial charge >= 0.3 is 0 Å². The van der Waals surface area contributed by atoms with Gasteiger partial charge in [0.15, 0.2) is 0 Å². The van der Waals surface area contributed by atoms with Crippen molar-refractivity contribution in [2.75, 3.05) is 33.2 Å². The molecule has 3 fully saturated rings. The molecule has 0 bridgehead atoms. The minimum atomic E-state index is -0.702. The largest absolute Gasteiger partial charge is 0.329 e. The van der Waals surface area contributed by atoms with Crippen LogP contribution in [0.4, 0.5) is 0 Å². The highest BCUT2D eigenvalue weighted by molar-refractivity contribution is 6.00.